The lowest BCUT2D eigenvalue weighted by Crippen LogP contribution is -2.27. The van der Waals surface area contributed by atoms with Gasteiger partial charge in [-0.05, 0) is 6.92 Å². The van der Waals surface area contributed by atoms with Crippen LogP contribution in [0.25, 0.3) is 0 Å². The number of aromatic nitrogens is 1. The van der Waals surface area contributed by atoms with Gasteiger partial charge in [0.05, 0.1) is 5.69 Å². The van der Waals surface area contributed by atoms with E-state index < -0.39 is 6.10 Å². The summed E-state index contributed by atoms with van der Waals surface area (Å²) >= 11 is 0. The first kappa shape index (κ1) is 10.2. The van der Waals surface area contributed by atoms with Crippen molar-refractivity contribution in [3.63, 3.8) is 0 Å². The van der Waals surface area contributed by atoms with Gasteiger partial charge in [0.2, 0.25) is 0 Å². The first-order chi connectivity index (χ1) is 6.09. The Labute approximate surface area is 77.9 Å². The van der Waals surface area contributed by atoms with E-state index in [-0.39, 0.29) is 0 Å². The quantitative estimate of drug-likeness (QED) is 0.733. The van der Waals surface area contributed by atoms with E-state index in [4.69, 9.17) is 4.52 Å². The zero-order valence-corrected chi connectivity index (χ0v) is 8.24. The number of aliphatic hydroxyl groups is 1. The van der Waals surface area contributed by atoms with Crippen LogP contribution in [-0.4, -0.2) is 22.8 Å². The van der Waals surface area contributed by atoms with Gasteiger partial charge in [-0.2, -0.15) is 0 Å². The largest absolute Gasteiger partial charge is 0.384 e. The molecule has 74 valence electrons. The monoisotopic (exact) mass is 184 g/mol. The maximum atomic E-state index is 9.59. The average molecular weight is 184 g/mol. The van der Waals surface area contributed by atoms with Crippen LogP contribution < -0.4 is 5.32 Å². The van der Waals surface area contributed by atoms with Gasteiger partial charge < -0.3 is 14.9 Å². The molecule has 1 rings (SSSR count). The van der Waals surface area contributed by atoms with Crippen LogP contribution in [0.2, 0.25) is 0 Å². The lowest BCUT2D eigenvalue weighted by atomic mass is 10.2. The maximum absolute atomic E-state index is 9.59. The van der Waals surface area contributed by atoms with Crippen LogP contribution in [0, 0.1) is 6.92 Å². The molecule has 0 fully saturated rings. The number of hydrogen-bond acceptors (Lipinski definition) is 4. The van der Waals surface area contributed by atoms with Crippen molar-refractivity contribution in [2.24, 2.45) is 0 Å². The molecule has 2 N–H and O–H groups in total. The summed E-state index contributed by atoms with van der Waals surface area (Å²) in [7, 11) is 0. The predicted molar refractivity (Wildman–Crippen MR) is 49.3 cm³/mol. The molecule has 0 radical (unpaired) electrons. The highest BCUT2D eigenvalue weighted by atomic mass is 16.5. The Hall–Kier alpha value is -0.870. The molecule has 4 heteroatoms. The van der Waals surface area contributed by atoms with Crippen molar-refractivity contribution in [2.75, 3.05) is 6.54 Å². The molecule has 0 aliphatic heterocycles. The summed E-state index contributed by atoms with van der Waals surface area (Å²) in [6.45, 7) is 6.37. The highest BCUT2D eigenvalue weighted by Gasteiger charge is 2.12. The lowest BCUT2D eigenvalue weighted by Gasteiger charge is -2.10. The number of hydrogen-bond donors (Lipinski definition) is 2. The van der Waals surface area contributed by atoms with Gasteiger partial charge in [-0.25, -0.2) is 0 Å². The van der Waals surface area contributed by atoms with E-state index in [0.29, 0.717) is 18.3 Å². The molecule has 0 spiro atoms. The molecule has 0 aliphatic carbocycles. The van der Waals surface area contributed by atoms with Crippen molar-refractivity contribution in [1.82, 2.24) is 10.5 Å². The molecule has 13 heavy (non-hydrogen) atoms. The number of nitrogens with one attached hydrogen (secondary N) is 1. The van der Waals surface area contributed by atoms with Crippen molar-refractivity contribution < 1.29 is 9.63 Å². The lowest BCUT2D eigenvalue weighted by molar-refractivity contribution is 0.135. The SMILES string of the molecule is Cc1cc(C(O)CNC(C)C)on1. The van der Waals surface area contributed by atoms with Gasteiger partial charge in [-0.3, -0.25) is 0 Å². The van der Waals surface area contributed by atoms with Gasteiger partial charge in [-0.1, -0.05) is 19.0 Å². The highest BCUT2D eigenvalue weighted by molar-refractivity contribution is 5.06. The summed E-state index contributed by atoms with van der Waals surface area (Å²) < 4.78 is 4.92. The second kappa shape index (κ2) is 4.39. The topological polar surface area (TPSA) is 58.3 Å². The van der Waals surface area contributed by atoms with Gasteiger partial charge in [0.25, 0.3) is 0 Å². The van der Waals surface area contributed by atoms with Gasteiger partial charge in [0, 0.05) is 18.7 Å². The fraction of sp³-hybridized carbons (Fsp3) is 0.667. The van der Waals surface area contributed by atoms with Gasteiger partial charge in [-0.15, -0.1) is 0 Å². The molecular weight excluding hydrogens is 168 g/mol. The average Bonchev–Trinajstić information content (AvgIpc) is 2.47. The predicted octanol–water partition coefficient (Wildman–Crippen LogP) is 1.01. The van der Waals surface area contributed by atoms with Crippen LogP contribution >= 0.6 is 0 Å². The van der Waals surface area contributed by atoms with E-state index >= 15 is 0 Å². The van der Waals surface area contributed by atoms with Crippen LogP contribution in [0.15, 0.2) is 10.6 Å². The van der Waals surface area contributed by atoms with E-state index in [0.717, 1.165) is 5.69 Å². The van der Waals surface area contributed by atoms with Gasteiger partial charge >= 0.3 is 0 Å². The van der Waals surface area contributed by atoms with Crippen molar-refractivity contribution in [2.45, 2.75) is 32.9 Å². The minimum Gasteiger partial charge on any atom is -0.384 e. The Balaban J connectivity index is 2.44. The summed E-state index contributed by atoms with van der Waals surface area (Å²) in [5.74, 6) is 0.519. The molecule has 1 heterocycles. The van der Waals surface area contributed by atoms with Crippen LogP contribution in [0.4, 0.5) is 0 Å². The normalized spacial score (nSPS) is 13.6. The molecule has 1 aromatic heterocycles. The van der Waals surface area contributed by atoms with Gasteiger partial charge in [0.15, 0.2) is 5.76 Å². The molecule has 0 saturated heterocycles. The third-order valence-electron chi connectivity index (χ3n) is 1.69. The first-order valence-corrected chi connectivity index (χ1v) is 4.44. The minimum absolute atomic E-state index is 0.360. The summed E-state index contributed by atoms with van der Waals surface area (Å²) in [5.41, 5.74) is 0.790. The van der Waals surface area contributed by atoms with Crippen molar-refractivity contribution >= 4 is 0 Å². The van der Waals surface area contributed by atoms with Gasteiger partial charge in [0.1, 0.15) is 6.10 Å². The third-order valence-corrected chi connectivity index (χ3v) is 1.69. The maximum Gasteiger partial charge on any atom is 0.166 e. The fourth-order valence-electron chi connectivity index (χ4n) is 0.988. The Morgan fingerprint density at radius 1 is 1.62 bits per heavy atom. The third kappa shape index (κ3) is 3.16. The minimum atomic E-state index is -0.608. The molecule has 0 aliphatic rings. The smallest absolute Gasteiger partial charge is 0.166 e. The van der Waals surface area contributed by atoms with E-state index in [9.17, 15) is 5.11 Å². The standard InChI is InChI=1S/C9H16N2O2/c1-6(2)10-5-8(12)9-4-7(3)11-13-9/h4,6,8,10,12H,5H2,1-3H3. The highest BCUT2D eigenvalue weighted by Crippen LogP contribution is 2.12. The Morgan fingerprint density at radius 2 is 2.31 bits per heavy atom. The molecule has 0 saturated carbocycles. The van der Waals surface area contributed by atoms with E-state index in [1.54, 1.807) is 6.07 Å². The van der Waals surface area contributed by atoms with Crippen LogP contribution in [0.3, 0.4) is 0 Å². The Bertz CT molecular complexity index is 258. The zero-order chi connectivity index (χ0) is 9.84. The molecule has 0 amide bonds. The molecule has 1 aromatic rings. The van der Waals surface area contributed by atoms with Crippen LogP contribution in [0.1, 0.15) is 31.4 Å². The Kier molecular flexibility index (Phi) is 3.45. The summed E-state index contributed by atoms with van der Waals surface area (Å²) in [6.07, 6.45) is -0.608. The number of aryl methyl sites for hydroxylation is 1. The van der Waals surface area contributed by atoms with E-state index in [1.807, 2.05) is 20.8 Å². The molecule has 1 atom stereocenters. The molecule has 0 aromatic carbocycles. The van der Waals surface area contributed by atoms with E-state index in [2.05, 4.69) is 10.5 Å². The van der Waals surface area contributed by atoms with Crippen LogP contribution in [-0.2, 0) is 0 Å². The molecule has 4 nitrogen and oxygen atoms in total. The summed E-state index contributed by atoms with van der Waals surface area (Å²) in [5, 5.41) is 16.4. The Morgan fingerprint density at radius 3 is 2.77 bits per heavy atom. The second-order valence-corrected chi connectivity index (χ2v) is 3.45. The first-order valence-electron chi connectivity index (χ1n) is 4.44. The van der Waals surface area contributed by atoms with Crippen molar-refractivity contribution in [3.8, 4) is 0 Å². The molecule has 0 bridgehead atoms. The van der Waals surface area contributed by atoms with Crippen molar-refractivity contribution in [3.05, 3.63) is 17.5 Å². The molecular formula is C9H16N2O2. The van der Waals surface area contributed by atoms with E-state index in [1.165, 1.54) is 0 Å². The number of nitrogens with zero attached hydrogens (tertiary/aromatic N) is 1. The van der Waals surface area contributed by atoms with Crippen LogP contribution in [0.5, 0.6) is 0 Å². The number of aliphatic hydroxyl groups excluding tert-OH is 1. The second-order valence-electron chi connectivity index (χ2n) is 3.45. The van der Waals surface area contributed by atoms with Crippen molar-refractivity contribution in [1.29, 1.82) is 0 Å². The molecule has 1 unspecified atom stereocenters. The zero-order valence-electron chi connectivity index (χ0n) is 8.24. The fourth-order valence-corrected chi connectivity index (χ4v) is 0.988. The summed E-state index contributed by atoms with van der Waals surface area (Å²) in [4.78, 5) is 0. The summed E-state index contributed by atoms with van der Waals surface area (Å²) in [6, 6.07) is 2.10. The number of rotatable bonds is 4.